The zero-order valence-corrected chi connectivity index (χ0v) is 14.7. The van der Waals surface area contributed by atoms with Gasteiger partial charge < -0.3 is 17.0 Å². The van der Waals surface area contributed by atoms with Crippen molar-refractivity contribution in [3.63, 3.8) is 0 Å². The molecule has 4 aromatic rings. The van der Waals surface area contributed by atoms with Crippen molar-refractivity contribution < 1.29 is 26.3 Å². The lowest BCUT2D eigenvalue weighted by Crippen LogP contribution is -3.00. The van der Waals surface area contributed by atoms with Gasteiger partial charge in [-0.1, -0.05) is 42.5 Å². The highest BCUT2D eigenvalue weighted by Crippen LogP contribution is 2.26. The van der Waals surface area contributed by atoms with E-state index in [-0.39, 0.29) is 27.6 Å². The maximum Gasteiger partial charge on any atom is 0.291 e. The molecule has 6 heteroatoms. The molecule has 0 saturated heterocycles. The molecule has 0 aliphatic carbocycles. The van der Waals surface area contributed by atoms with Gasteiger partial charge in [0.05, 0.1) is 17.2 Å². The SMILES string of the molecule is O=[N+]([O-])c1cccc(-n2c(-c3ccccc3)c[n+]3ccccc23)c1.[Br-]. The number of fused-ring (bicyclic) bond motifs is 1. The summed E-state index contributed by atoms with van der Waals surface area (Å²) < 4.78 is 4.05. The Morgan fingerprint density at radius 3 is 2.44 bits per heavy atom. The molecule has 25 heavy (non-hydrogen) atoms. The van der Waals surface area contributed by atoms with Gasteiger partial charge in [0.15, 0.2) is 5.69 Å². The molecule has 2 aromatic carbocycles. The number of benzene rings is 2. The van der Waals surface area contributed by atoms with E-state index in [0.717, 1.165) is 22.6 Å². The molecule has 124 valence electrons. The molecule has 0 saturated carbocycles. The van der Waals surface area contributed by atoms with Crippen molar-refractivity contribution in [2.75, 3.05) is 0 Å². The smallest absolute Gasteiger partial charge is 0.291 e. The number of nitro benzene ring substituents is 1. The van der Waals surface area contributed by atoms with E-state index in [9.17, 15) is 10.1 Å². The average Bonchev–Trinajstić information content (AvgIpc) is 3.02. The normalized spacial score (nSPS) is 10.4. The van der Waals surface area contributed by atoms with Gasteiger partial charge in [0.2, 0.25) is 0 Å². The van der Waals surface area contributed by atoms with Crippen molar-refractivity contribution in [1.82, 2.24) is 4.57 Å². The molecule has 2 aromatic heterocycles. The highest BCUT2D eigenvalue weighted by molar-refractivity contribution is 5.66. The van der Waals surface area contributed by atoms with Crippen LogP contribution in [0.1, 0.15) is 0 Å². The topological polar surface area (TPSA) is 52.2 Å². The molecule has 5 nitrogen and oxygen atoms in total. The fourth-order valence-corrected chi connectivity index (χ4v) is 2.89. The minimum Gasteiger partial charge on any atom is -1.00 e. The third-order valence-electron chi connectivity index (χ3n) is 3.97. The number of hydrogen-bond donors (Lipinski definition) is 0. The second kappa shape index (κ2) is 6.86. The van der Waals surface area contributed by atoms with E-state index in [4.69, 9.17) is 0 Å². The zero-order valence-electron chi connectivity index (χ0n) is 13.1. The first-order valence-corrected chi connectivity index (χ1v) is 7.56. The standard InChI is InChI=1S/C19H14N3O2.BrH/c23-22(24)17-10-6-9-16(13-17)21-18(15-7-2-1-3-8-15)14-20-12-5-4-11-19(20)21;/h1-14H;1H/q+1;/p-1. The molecule has 2 heterocycles. The number of halogens is 1. The van der Waals surface area contributed by atoms with Gasteiger partial charge in [-0.15, -0.1) is 0 Å². The fraction of sp³-hybridized carbons (Fsp3) is 0. The lowest BCUT2D eigenvalue weighted by Gasteiger charge is -2.03. The van der Waals surface area contributed by atoms with E-state index in [2.05, 4.69) is 0 Å². The van der Waals surface area contributed by atoms with Crippen LogP contribution in [0.4, 0.5) is 5.69 Å². The number of rotatable bonds is 3. The minimum atomic E-state index is -0.371. The first kappa shape index (κ1) is 16.9. The van der Waals surface area contributed by atoms with Gasteiger partial charge in [-0.05, 0) is 12.1 Å². The van der Waals surface area contributed by atoms with Crippen LogP contribution in [-0.4, -0.2) is 9.49 Å². The lowest BCUT2D eigenvalue weighted by molar-refractivity contribution is -0.510. The third-order valence-corrected chi connectivity index (χ3v) is 3.97. The third kappa shape index (κ3) is 3.04. The summed E-state index contributed by atoms with van der Waals surface area (Å²) in [4.78, 5) is 10.8. The lowest BCUT2D eigenvalue weighted by atomic mass is 10.1. The molecule has 0 radical (unpaired) electrons. The van der Waals surface area contributed by atoms with Gasteiger partial charge >= 0.3 is 0 Å². The first-order valence-electron chi connectivity index (χ1n) is 7.56. The molecule has 0 N–H and O–H groups in total. The van der Waals surface area contributed by atoms with Crippen LogP contribution in [0.2, 0.25) is 0 Å². The first-order chi connectivity index (χ1) is 11.7. The molecule has 4 rings (SSSR count). The van der Waals surface area contributed by atoms with Crippen molar-refractivity contribution in [2.24, 2.45) is 0 Å². The summed E-state index contributed by atoms with van der Waals surface area (Å²) in [6, 6.07) is 22.6. The van der Waals surface area contributed by atoms with Crippen LogP contribution in [0.25, 0.3) is 22.6 Å². The minimum absolute atomic E-state index is 0. The van der Waals surface area contributed by atoms with Crippen LogP contribution in [-0.2, 0) is 0 Å². The predicted octanol–water partition coefficient (Wildman–Crippen LogP) is 0.795. The van der Waals surface area contributed by atoms with E-state index >= 15 is 0 Å². The van der Waals surface area contributed by atoms with Crippen LogP contribution in [0.15, 0.2) is 85.2 Å². The average molecular weight is 396 g/mol. The van der Waals surface area contributed by atoms with Crippen LogP contribution in [0.3, 0.4) is 0 Å². The van der Waals surface area contributed by atoms with Crippen LogP contribution >= 0.6 is 0 Å². The predicted molar refractivity (Wildman–Crippen MR) is 91.0 cm³/mol. The van der Waals surface area contributed by atoms with Gasteiger partial charge in [-0.2, -0.15) is 4.57 Å². The van der Waals surface area contributed by atoms with Gasteiger partial charge in [0.25, 0.3) is 11.3 Å². The van der Waals surface area contributed by atoms with Crippen molar-refractivity contribution in [3.8, 4) is 16.9 Å². The molecule has 0 atom stereocenters. The highest BCUT2D eigenvalue weighted by Gasteiger charge is 2.21. The fourth-order valence-electron chi connectivity index (χ4n) is 2.89. The van der Waals surface area contributed by atoms with Gasteiger partial charge in [0.1, 0.15) is 11.9 Å². The van der Waals surface area contributed by atoms with Gasteiger partial charge in [-0.25, -0.2) is 4.40 Å². The molecule has 0 bridgehead atoms. The Bertz CT molecular complexity index is 1040. The second-order valence-electron chi connectivity index (χ2n) is 5.46. The molecular formula is C19H14BrN3O2. The van der Waals surface area contributed by atoms with Crippen molar-refractivity contribution in [3.05, 3.63) is 95.3 Å². The monoisotopic (exact) mass is 395 g/mol. The zero-order chi connectivity index (χ0) is 16.5. The van der Waals surface area contributed by atoms with Crippen LogP contribution < -0.4 is 21.4 Å². The summed E-state index contributed by atoms with van der Waals surface area (Å²) >= 11 is 0. The Hall–Kier alpha value is -2.99. The summed E-state index contributed by atoms with van der Waals surface area (Å²) in [7, 11) is 0. The van der Waals surface area contributed by atoms with E-state index in [1.165, 1.54) is 6.07 Å². The van der Waals surface area contributed by atoms with E-state index < -0.39 is 0 Å². The van der Waals surface area contributed by atoms with E-state index in [1.807, 2.05) is 76.0 Å². The molecular weight excluding hydrogens is 382 g/mol. The van der Waals surface area contributed by atoms with E-state index in [1.54, 1.807) is 12.1 Å². The highest BCUT2D eigenvalue weighted by atomic mass is 79.9. The maximum atomic E-state index is 11.1. The number of imidazole rings is 1. The summed E-state index contributed by atoms with van der Waals surface area (Å²) in [6.45, 7) is 0. The molecule has 0 unspecified atom stereocenters. The van der Waals surface area contributed by atoms with Crippen molar-refractivity contribution in [1.29, 1.82) is 0 Å². The van der Waals surface area contributed by atoms with Crippen LogP contribution in [0.5, 0.6) is 0 Å². The summed E-state index contributed by atoms with van der Waals surface area (Å²) in [5, 5.41) is 11.1. The number of aromatic nitrogens is 2. The van der Waals surface area contributed by atoms with Crippen molar-refractivity contribution >= 4 is 11.3 Å². The Morgan fingerprint density at radius 1 is 0.920 bits per heavy atom. The Balaban J connectivity index is 0.00000182. The summed E-state index contributed by atoms with van der Waals surface area (Å²) in [5.74, 6) is 0. The van der Waals surface area contributed by atoms with E-state index in [0.29, 0.717) is 0 Å². The Kier molecular flexibility index (Phi) is 4.63. The molecule has 0 aliphatic rings. The summed E-state index contributed by atoms with van der Waals surface area (Å²) in [6.07, 6.45) is 4.00. The largest absolute Gasteiger partial charge is 1.00 e. The number of nitrogens with zero attached hydrogens (tertiary/aromatic N) is 3. The Labute approximate surface area is 154 Å². The number of pyridine rings is 1. The van der Waals surface area contributed by atoms with Gasteiger partial charge in [-0.3, -0.25) is 10.1 Å². The number of hydrogen-bond acceptors (Lipinski definition) is 2. The Morgan fingerprint density at radius 2 is 1.68 bits per heavy atom. The van der Waals surface area contributed by atoms with Crippen molar-refractivity contribution in [2.45, 2.75) is 0 Å². The second-order valence-corrected chi connectivity index (χ2v) is 5.46. The molecule has 0 spiro atoms. The maximum absolute atomic E-state index is 11.1. The van der Waals surface area contributed by atoms with Crippen LogP contribution in [0, 0.1) is 10.1 Å². The molecule has 0 aliphatic heterocycles. The van der Waals surface area contributed by atoms with Gasteiger partial charge in [0, 0.05) is 17.7 Å². The summed E-state index contributed by atoms with van der Waals surface area (Å²) in [5.41, 5.74) is 3.80. The molecule has 0 amide bonds. The number of non-ortho nitro benzene ring substituents is 1. The quantitative estimate of drug-likeness (QED) is 0.292. The molecule has 0 fully saturated rings. The number of nitro groups is 1.